The van der Waals surface area contributed by atoms with Crippen molar-refractivity contribution in [2.75, 3.05) is 18.5 Å². The summed E-state index contributed by atoms with van der Waals surface area (Å²) in [4.78, 5) is 16.9. The normalized spacial score (nSPS) is 12.7. The van der Waals surface area contributed by atoms with Crippen LogP contribution >= 0.6 is 11.3 Å². The molecule has 5 nitrogen and oxygen atoms in total. The number of rotatable bonds is 3. The highest BCUT2D eigenvalue weighted by molar-refractivity contribution is 7.13. The zero-order chi connectivity index (χ0) is 17.2. The number of hydrogen-bond acceptors (Lipinski definition) is 5. The Morgan fingerprint density at radius 3 is 2.64 bits per heavy atom. The number of hydrogen-bond donors (Lipinski definition) is 1. The topological polar surface area (TPSA) is 60.5 Å². The first-order chi connectivity index (χ1) is 12.2. The van der Waals surface area contributed by atoms with Gasteiger partial charge in [-0.15, -0.1) is 11.3 Å². The summed E-state index contributed by atoms with van der Waals surface area (Å²) < 4.78 is 11.0. The molecule has 0 unspecified atom stereocenters. The largest absolute Gasteiger partial charge is 0.486 e. The van der Waals surface area contributed by atoms with Crippen molar-refractivity contribution in [2.24, 2.45) is 0 Å². The molecule has 2 aromatic carbocycles. The molecule has 0 atom stereocenters. The summed E-state index contributed by atoms with van der Waals surface area (Å²) in [6.07, 6.45) is 0. The van der Waals surface area contributed by atoms with Gasteiger partial charge < -0.3 is 14.8 Å². The first-order valence-electron chi connectivity index (χ1n) is 7.92. The van der Waals surface area contributed by atoms with Gasteiger partial charge in [-0.3, -0.25) is 4.79 Å². The van der Waals surface area contributed by atoms with Gasteiger partial charge in [0, 0.05) is 22.7 Å². The van der Waals surface area contributed by atoms with E-state index in [1.165, 1.54) is 16.9 Å². The molecule has 1 aliphatic heterocycles. The van der Waals surface area contributed by atoms with Crippen molar-refractivity contribution in [2.45, 2.75) is 6.92 Å². The van der Waals surface area contributed by atoms with Crippen LogP contribution in [0.2, 0.25) is 0 Å². The summed E-state index contributed by atoms with van der Waals surface area (Å²) in [5, 5.41) is 5.44. The Labute approximate surface area is 149 Å². The monoisotopic (exact) mass is 352 g/mol. The SMILES string of the molecule is Cc1ccc(-c2nc(C(=O)Nc3ccc4c(c3)OCCO4)cs2)cc1. The van der Waals surface area contributed by atoms with E-state index in [1.807, 2.05) is 31.2 Å². The summed E-state index contributed by atoms with van der Waals surface area (Å²) in [7, 11) is 0. The highest BCUT2D eigenvalue weighted by Gasteiger charge is 2.15. The fourth-order valence-corrected chi connectivity index (χ4v) is 3.33. The van der Waals surface area contributed by atoms with Gasteiger partial charge in [0.1, 0.15) is 23.9 Å². The van der Waals surface area contributed by atoms with Crippen molar-refractivity contribution in [3.8, 4) is 22.1 Å². The van der Waals surface area contributed by atoms with Crippen LogP contribution in [-0.2, 0) is 0 Å². The van der Waals surface area contributed by atoms with Crippen molar-refractivity contribution in [1.82, 2.24) is 4.98 Å². The van der Waals surface area contributed by atoms with Gasteiger partial charge in [-0.1, -0.05) is 29.8 Å². The molecule has 4 rings (SSSR count). The van der Waals surface area contributed by atoms with Crippen LogP contribution in [0.15, 0.2) is 47.8 Å². The highest BCUT2D eigenvalue weighted by Crippen LogP contribution is 2.33. The second kappa shape index (κ2) is 6.57. The van der Waals surface area contributed by atoms with E-state index in [0.29, 0.717) is 36.1 Å². The van der Waals surface area contributed by atoms with Crippen LogP contribution in [0.1, 0.15) is 16.1 Å². The van der Waals surface area contributed by atoms with E-state index in [-0.39, 0.29) is 5.91 Å². The fraction of sp³-hybridized carbons (Fsp3) is 0.158. The van der Waals surface area contributed by atoms with Crippen LogP contribution < -0.4 is 14.8 Å². The summed E-state index contributed by atoms with van der Waals surface area (Å²) >= 11 is 1.45. The highest BCUT2D eigenvalue weighted by atomic mass is 32.1. The van der Waals surface area contributed by atoms with E-state index >= 15 is 0 Å². The second-order valence-electron chi connectivity index (χ2n) is 5.72. The molecule has 1 amide bonds. The molecule has 1 aromatic heterocycles. The first kappa shape index (κ1) is 15.7. The van der Waals surface area contributed by atoms with Crippen molar-refractivity contribution in [3.63, 3.8) is 0 Å². The van der Waals surface area contributed by atoms with Crippen molar-refractivity contribution in [1.29, 1.82) is 0 Å². The Morgan fingerprint density at radius 2 is 1.84 bits per heavy atom. The van der Waals surface area contributed by atoms with Gasteiger partial charge in [-0.05, 0) is 19.1 Å². The molecule has 2 heterocycles. The maximum Gasteiger partial charge on any atom is 0.275 e. The van der Waals surface area contributed by atoms with Crippen LogP contribution in [0.25, 0.3) is 10.6 Å². The number of aromatic nitrogens is 1. The van der Waals surface area contributed by atoms with Gasteiger partial charge in [0.15, 0.2) is 11.5 Å². The van der Waals surface area contributed by atoms with E-state index in [1.54, 1.807) is 23.6 Å². The Kier molecular flexibility index (Phi) is 4.11. The number of ether oxygens (including phenoxy) is 2. The zero-order valence-electron chi connectivity index (χ0n) is 13.6. The van der Waals surface area contributed by atoms with E-state index < -0.39 is 0 Å². The molecular weight excluding hydrogens is 336 g/mol. The third-order valence-electron chi connectivity index (χ3n) is 3.84. The fourth-order valence-electron chi connectivity index (χ4n) is 2.52. The van der Waals surface area contributed by atoms with E-state index in [0.717, 1.165) is 10.6 Å². The quantitative estimate of drug-likeness (QED) is 0.769. The number of benzene rings is 2. The minimum absolute atomic E-state index is 0.244. The maximum atomic E-state index is 12.4. The number of carbonyl (C=O) groups excluding carboxylic acids is 1. The molecule has 0 radical (unpaired) electrons. The van der Waals surface area contributed by atoms with Crippen LogP contribution in [0.5, 0.6) is 11.5 Å². The van der Waals surface area contributed by atoms with Crippen LogP contribution in [0, 0.1) is 6.92 Å². The third kappa shape index (κ3) is 3.34. The molecule has 0 spiro atoms. The van der Waals surface area contributed by atoms with Crippen LogP contribution in [0.4, 0.5) is 5.69 Å². The molecule has 0 saturated carbocycles. The number of fused-ring (bicyclic) bond motifs is 1. The van der Waals surface area contributed by atoms with Crippen molar-refractivity contribution < 1.29 is 14.3 Å². The van der Waals surface area contributed by atoms with Gasteiger partial charge >= 0.3 is 0 Å². The number of thiazole rings is 1. The molecule has 1 N–H and O–H groups in total. The summed E-state index contributed by atoms with van der Waals surface area (Å²) in [5.74, 6) is 1.09. The van der Waals surface area contributed by atoms with Crippen LogP contribution in [0.3, 0.4) is 0 Å². The Bertz CT molecular complexity index is 919. The maximum absolute atomic E-state index is 12.4. The standard InChI is InChI=1S/C19H16N2O3S/c1-12-2-4-13(5-3-12)19-21-15(11-25-19)18(22)20-14-6-7-16-17(10-14)24-9-8-23-16/h2-7,10-11H,8-9H2,1H3,(H,20,22). The minimum atomic E-state index is -0.244. The summed E-state index contributed by atoms with van der Waals surface area (Å²) in [6, 6.07) is 13.4. The van der Waals surface area contributed by atoms with Gasteiger partial charge in [-0.25, -0.2) is 4.98 Å². The molecule has 126 valence electrons. The molecule has 0 aliphatic carbocycles. The molecule has 6 heteroatoms. The van der Waals surface area contributed by atoms with Crippen molar-refractivity contribution >= 4 is 22.9 Å². The lowest BCUT2D eigenvalue weighted by Gasteiger charge is -2.18. The smallest absolute Gasteiger partial charge is 0.275 e. The average Bonchev–Trinajstić information content (AvgIpc) is 3.12. The summed E-state index contributed by atoms with van der Waals surface area (Å²) in [6.45, 7) is 3.09. The lowest BCUT2D eigenvalue weighted by Crippen LogP contribution is -2.16. The van der Waals surface area contributed by atoms with E-state index in [2.05, 4.69) is 10.3 Å². The van der Waals surface area contributed by atoms with E-state index in [9.17, 15) is 4.79 Å². The van der Waals surface area contributed by atoms with Crippen molar-refractivity contribution in [3.05, 3.63) is 59.1 Å². The minimum Gasteiger partial charge on any atom is -0.486 e. The lowest BCUT2D eigenvalue weighted by atomic mass is 10.2. The molecule has 25 heavy (non-hydrogen) atoms. The molecule has 3 aromatic rings. The molecular formula is C19H16N2O3S. The molecule has 0 fully saturated rings. The van der Waals surface area contributed by atoms with Gasteiger partial charge in [0.05, 0.1) is 0 Å². The van der Waals surface area contributed by atoms with Gasteiger partial charge in [-0.2, -0.15) is 0 Å². The third-order valence-corrected chi connectivity index (χ3v) is 4.73. The Balaban J connectivity index is 1.51. The number of amides is 1. The number of anilines is 1. The molecule has 0 saturated heterocycles. The number of aryl methyl sites for hydroxylation is 1. The van der Waals surface area contributed by atoms with Gasteiger partial charge in [0.25, 0.3) is 5.91 Å². The summed E-state index contributed by atoms with van der Waals surface area (Å²) in [5.41, 5.74) is 3.25. The molecule has 0 bridgehead atoms. The van der Waals surface area contributed by atoms with Crippen LogP contribution in [-0.4, -0.2) is 24.1 Å². The zero-order valence-corrected chi connectivity index (χ0v) is 14.4. The lowest BCUT2D eigenvalue weighted by molar-refractivity contribution is 0.102. The number of nitrogens with one attached hydrogen (secondary N) is 1. The predicted molar refractivity (Wildman–Crippen MR) is 97.7 cm³/mol. The number of nitrogens with zero attached hydrogens (tertiary/aromatic N) is 1. The Morgan fingerprint density at radius 1 is 1.08 bits per heavy atom. The predicted octanol–water partition coefficient (Wildman–Crippen LogP) is 4.14. The first-order valence-corrected chi connectivity index (χ1v) is 8.80. The molecule has 1 aliphatic rings. The average molecular weight is 352 g/mol. The Hall–Kier alpha value is -2.86. The van der Waals surface area contributed by atoms with E-state index in [4.69, 9.17) is 9.47 Å². The number of carbonyl (C=O) groups is 1. The van der Waals surface area contributed by atoms with Gasteiger partial charge in [0.2, 0.25) is 0 Å². The second-order valence-corrected chi connectivity index (χ2v) is 6.57.